The fourth-order valence-electron chi connectivity index (χ4n) is 4.20. The Hall–Kier alpha value is -4.12. The van der Waals surface area contributed by atoms with Crippen LogP contribution in [0.1, 0.15) is 33.4 Å². The molecule has 0 aliphatic carbocycles. The number of hydrogen-bond donors (Lipinski definition) is 3. The van der Waals surface area contributed by atoms with E-state index in [9.17, 15) is 15.3 Å². The Balaban J connectivity index is 1.88. The topological polar surface area (TPSA) is 73.2 Å². The highest BCUT2D eigenvalue weighted by molar-refractivity contribution is 5.82. The molecule has 35 heavy (non-hydrogen) atoms. The highest BCUT2D eigenvalue weighted by Gasteiger charge is 2.20. The minimum atomic E-state index is 0.227. The van der Waals surface area contributed by atoms with Gasteiger partial charge in [-0.3, -0.25) is 0 Å². The van der Waals surface area contributed by atoms with Crippen molar-refractivity contribution in [3.63, 3.8) is 0 Å². The molecule has 4 rings (SSSR count). The Morgan fingerprint density at radius 1 is 0.600 bits per heavy atom. The molecule has 0 aliphatic heterocycles. The normalized spacial score (nSPS) is 10.9. The van der Waals surface area contributed by atoms with E-state index >= 15 is 0 Å². The molecule has 0 heterocycles. The lowest BCUT2D eigenvalue weighted by Crippen LogP contribution is -2.13. The quantitative estimate of drug-likeness (QED) is 0.277. The van der Waals surface area contributed by atoms with Crippen LogP contribution in [0.4, 0.5) is 17.1 Å². The molecule has 0 radical (unpaired) electrons. The van der Waals surface area contributed by atoms with E-state index in [0.717, 1.165) is 44.9 Å². The van der Waals surface area contributed by atoms with Gasteiger partial charge < -0.3 is 25.0 Å². The van der Waals surface area contributed by atoms with Gasteiger partial charge >= 0.3 is 0 Å². The van der Waals surface area contributed by atoms with Crippen LogP contribution in [-0.4, -0.2) is 15.3 Å². The van der Waals surface area contributed by atoms with Crippen LogP contribution < -0.4 is 9.64 Å². The van der Waals surface area contributed by atoms with Crippen LogP contribution in [0.15, 0.2) is 60.7 Å². The predicted molar refractivity (Wildman–Crippen MR) is 141 cm³/mol. The summed E-state index contributed by atoms with van der Waals surface area (Å²) in [5.74, 6) is 1.93. The number of phenols is 3. The summed E-state index contributed by atoms with van der Waals surface area (Å²) in [5, 5.41) is 30.9. The van der Waals surface area contributed by atoms with Gasteiger partial charge in [0, 0.05) is 28.7 Å². The third-order valence-corrected chi connectivity index (χ3v) is 6.40. The summed E-state index contributed by atoms with van der Waals surface area (Å²) in [4.78, 5) is 2.11. The van der Waals surface area contributed by atoms with Crippen molar-refractivity contribution in [2.45, 2.75) is 41.5 Å². The molecule has 0 aliphatic rings. The van der Waals surface area contributed by atoms with Gasteiger partial charge in [0.25, 0.3) is 0 Å². The summed E-state index contributed by atoms with van der Waals surface area (Å²) >= 11 is 0. The molecular weight excluding hydrogens is 438 g/mol. The number of aryl methyl sites for hydroxylation is 5. The average Bonchev–Trinajstić information content (AvgIpc) is 2.81. The van der Waals surface area contributed by atoms with Crippen LogP contribution in [-0.2, 0) is 0 Å². The van der Waals surface area contributed by atoms with Gasteiger partial charge in [0.1, 0.15) is 28.7 Å². The Kier molecular flexibility index (Phi) is 6.35. The molecule has 0 amide bonds. The van der Waals surface area contributed by atoms with Gasteiger partial charge in [-0.1, -0.05) is 12.1 Å². The predicted octanol–water partition coefficient (Wildman–Crippen LogP) is 7.92. The standard InChI is InChI=1S/C30H31NO4/c1-17-10-11-29(22(6)30(17)34)35-24-9-7-8-23(16-24)31(25-12-20(4)27(32)14-18(25)2)26-13-21(5)28(33)15-19(26)3/h7-16,32-34H,1-6H3. The summed E-state index contributed by atoms with van der Waals surface area (Å²) in [6.07, 6.45) is 0. The molecule has 180 valence electrons. The van der Waals surface area contributed by atoms with E-state index < -0.39 is 0 Å². The number of aromatic hydroxyl groups is 3. The first-order valence-electron chi connectivity index (χ1n) is 11.5. The van der Waals surface area contributed by atoms with Gasteiger partial charge in [-0.25, -0.2) is 0 Å². The van der Waals surface area contributed by atoms with Crippen molar-refractivity contribution in [1.29, 1.82) is 0 Å². The van der Waals surface area contributed by atoms with Crippen molar-refractivity contribution in [2.24, 2.45) is 0 Å². The second-order valence-electron chi connectivity index (χ2n) is 9.14. The number of anilines is 3. The molecule has 0 fully saturated rings. The van der Waals surface area contributed by atoms with Gasteiger partial charge in [0.15, 0.2) is 0 Å². The number of hydrogen-bond acceptors (Lipinski definition) is 5. The Morgan fingerprint density at radius 2 is 1.17 bits per heavy atom. The fourth-order valence-corrected chi connectivity index (χ4v) is 4.20. The molecule has 0 bridgehead atoms. The zero-order valence-corrected chi connectivity index (χ0v) is 21.0. The molecule has 5 heteroatoms. The molecule has 0 unspecified atom stereocenters. The molecule has 5 nitrogen and oxygen atoms in total. The smallest absolute Gasteiger partial charge is 0.134 e. The Bertz CT molecular complexity index is 1370. The third kappa shape index (κ3) is 4.62. The largest absolute Gasteiger partial charge is 0.508 e. The van der Waals surface area contributed by atoms with Gasteiger partial charge in [0.05, 0.1) is 0 Å². The SMILES string of the molecule is Cc1cc(N(c2cccc(Oc3ccc(C)c(O)c3C)c2)c2cc(C)c(O)cc2C)c(C)cc1O. The van der Waals surface area contributed by atoms with Crippen LogP contribution in [0.3, 0.4) is 0 Å². The van der Waals surface area contributed by atoms with E-state index in [1.165, 1.54) is 0 Å². The van der Waals surface area contributed by atoms with Crippen molar-refractivity contribution in [2.75, 3.05) is 4.90 Å². The zero-order valence-electron chi connectivity index (χ0n) is 21.0. The van der Waals surface area contributed by atoms with E-state index in [1.54, 1.807) is 12.1 Å². The minimum Gasteiger partial charge on any atom is -0.508 e. The van der Waals surface area contributed by atoms with Crippen molar-refractivity contribution < 1.29 is 20.1 Å². The van der Waals surface area contributed by atoms with E-state index in [0.29, 0.717) is 17.1 Å². The van der Waals surface area contributed by atoms with Crippen molar-refractivity contribution in [3.05, 3.63) is 94.0 Å². The van der Waals surface area contributed by atoms with E-state index in [2.05, 4.69) is 4.90 Å². The van der Waals surface area contributed by atoms with Crippen LogP contribution in [0.5, 0.6) is 28.7 Å². The van der Waals surface area contributed by atoms with Crippen LogP contribution in [0.2, 0.25) is 0 Å². The highest BCUT2D eigenvalue weighted by Crippen LogP contribution is 2.43. The molecule has 3 N–H and O–H groups in total. The lowest BCUT2D eigenvalue weighted by Gasteiger charge is -2.30. The number of ether oxygens (including phenoxy) is 1. The first-order chi connectivity index (χ1) is 16.6. The summed E-state index contributed by atoms with van der Waals surface area (Å²) in [5.41, 5.74) is 7.51. The lowest BCUT2D eigenvalue weighted by molar-refractivity contribution is 0.445. The van der Waals surface area contributed by atoms with Crippen molar-refractivity contribution in [1.82, 2.24) is 0 Å². The maximum absolute atomic E-state index is 10.3. The number of benzene rings is 4. The molecule has 0 spiro atoms. The van der Waals surface area contributed by atoms with Crippen LogP contribution in [0.25, 0.3) is 0 Å². The summed E-state index contributed by atoms with van der Waals surface area (Å²) in [6, 6.07) is 18.9. The first-order valence-corrected chi connectivity index (χ1v) is 11.5. The Labute approximate surface area is 206 Å². The van der Waals surface area contributed by atoms with Crippen LogP contribution >= 0.6 is 0 Å². The van der Waals surface area contributed by atoms with Gasteiger partial charge in [-0.2, -0.15) is 0 Å². The second-order valence-corrected chi connectivity index (χ2v) is 9.14. The molecule has 0 saturated heterocycles. The molecule has 4 aromatic rings. The summed E-state index contributed by atoms with van der Waals surface area (Å²) in [6.45, 7) is 11.4. The molecule has 0 saturated carbocycles. The minimum absolute atomic E-state index is 0.227. The number of nitrogens with zero attached hydrogens (tertiary/aromatic N) is 1. The molecule has 4 aromatic carbocycles. The van der Waals surface area contributed by atoms with E-state index in [-0.39, 0.29) is 17.2 Å². The first kappa shape index (κ1) is 24.0. The maximum Gasteiger partial charge on any atom is 0.134 e. The Morgan fingerprint density at radius 3 is 1.74 bits per heavy atom. The lowest BCUT2D eigenvalue weighted by atomic mass is 10.0. The van der Waals surface area contributed by atoms with Crippen molar-refractivity contribution >= 4 is 17.1 Å². The maximum atomic E-state index is 10.3. The molecular formula is C30H31NO4. The highest BCUT2D eigenvalue weighted by atomic mass is 16.5. The van der Waals surface area contributed by atoms with Gasteiger partial charge in [-0.05, 0) is 112 Å². The van der Waals surface area contributed by atoms with Crippen LogP contribution in [0, 0.1) is 41.5 Å². The number of rotatable bonds is 5. The summed E-state index contributed by atoms with van der Waals surface area (Å²) in [7, 11) is 0. The third-order valence-electron chi connectivity index (χ3n) is 6.40. The van der Waals surface area contributed by atoms with Gasteiger partial charge in [0.2, 0.25) is 0 Å². The fraction of sp³-hybridized carbons (Fsp3) is 0.200. The van der Waals surface area contributed by atoms with E-state index in [1.807, 2.05) is 90.1 Å². The number of phenolic OH excluding ortho intramolecular Hbond substituents is 3. The second kappa shape index (κ2) is 9.26. The van der Waals surface area contributed by atoms with E-state index in [4.69, 9.17) is 4.74 Å². The molecule has 0 atom stereocenters. The summed E-state index contributed by atoms with van der Waals surface area (Å²) < 4.78 is 6.19. The monoisotopic (exact) mass is 469 g/mol. The zero-order chi connectivity index (χ0) is 25.4. The van der Waals surface area contributed by atoms with Crippen molar-refractivity contribution in [3.8, 4) is 28.7 Å². The molecule has 0 aromatic heterocycles. The van der Waals surface area contributed by atoms with Gasteiger partial charge in [-0.15, -0.1) is 0 Å². The average molecular weight is 470 g/mol.